The van der Waals surface area contributed by atoms with Crippen LogP contribution >= 0.6 is 11.3 Å². The molecule has 2 amide bonds. The van der Waals surface area contributed by atoms with Crippen molar-refractivity contribution in [3.05, 3.63) is 41.3 Å². The van der Waals surface area contributed by atoms with Crippen LogP contribution in [0.5, 0.6) is 5.75 Å². The first-order valence-electron chi connectivity index (χ1n) is 8.12. The number of nitrogens with zero attached hydrogens (tertiary/aromatic N) is 1. The Morgan fingerprint density at radius 3 is 2.80 bits per heavy atom. The van der Waals surface area contributed by atoms with E-state index in [4.69, 9.17) is 15.2 Å². The Morgan fingerprint density at radius 2 is 2.12 bits per heavy atom. The van der Waals surface area contributed by atoms with E-state index >= 15 is 0 Å². The molecular formula is C18H20N2O4S. The molecule has 2 N–H and O–H groups in total. The maximum Gasteiger partial charge on any atom is 0.267 e. The zero-order chi connectivity index (χ0) is 17.8. The number of morpholine rings is 1. The van der Waals surface area contributed by atoms with Crippen LogP contribution < -0.4 is 10.5 Å². The molecule has 0 bridgehead atoms. The van der Waals surface area contributed by atoms with Gasteiger partial charge in [0.05, 0.1) is 19.8 Å². The Morgan fingerprint density at radius 1 is 1.36 bits per heavy atom. The fourth-order valence-corrected chi connectivity index (χ4v) is 3.75. The molecule has 6 nitrogen and oxygen atoms in total. The molecule has 132 valence electrons. The number of hydrogen-bond donors (Lipinski definition) is 1. The highest BCUT2D eigenvalue weighted by atomic mass is 32.1. The monoisotopic (exact) mass is 360 g/mol. The van der Waals surface area contributed by atoms with E-state index in [1.54, 1.807) is 4.90 Å². The second-order valence-corrected chi connectivity index (χ2v) is 6.67. The molecule has 1 atom stereocenters. The molecule has 1 aliphatic rings. The average Bonchev–Trinajstić information content (AvgIpc) is 3.06. The molecule has 0 saturated carbocycles. The average molecular weight is 360 g/mol. The maximum atomic E-state index is 13.0. The van der Waals surface area contributed by atoms with E-state index in [1.807, 2.05) is 43.3 Å². The first-order valence-corrected chi connectivity index (χ1v) is 8.94. The number of hydrogen-bond acceptors (Lipinski definition) is 5. The molecular weight excluding hydrogens is 340 g/mol. The summed E-state index contributed by atoms with van der Waals surface area (Å²) in [5.74, 6) is -0.151. The van der Waals surface area contributed by atoms with E-state index in [0.29, 0.717) is 30.4 Å². The molecule has 2 aromatic rings. The van der Waals surface area contributed by atoms with Gasteiger partial charge in [-0.25, -0.2) is 0 Å². The second-order valence-electron chi connectivity index (χ2n) is 5.62. The number of thiophene rings is 1. The van der Waals surface area contributed by atoms with Gasteiger partial charge < -0.3 is 20.1 Å². The van der Waals surface area contributed by atoms with Gasteiger partial charge in [-0.3, -0.25) is 9.59 Å². The zero-order valence-corrected chi connectivity index (χ0v) is 14.8. The summed E-state index contributed by atoms with van der Waals surface area (Å²) in [6.45, 7) is 3.23. The molecule has 7 heteroatoms. The van der Waals surface area contributed by atoms with E-state index < -0.39 is 12.0 Å². The number of rotatable bonds is 5. The van der Waals surface area contributed by atoms with Gasteiger partial charge in [-0.05, 0) is 18.6 Å². The van der Waals surface area contributed by atoms with Gasteiger partial charge >= 0.3 is 0 Å². The summed E-state index contributed by atoms with van der Waals surface area (Å²) in [5.41, 5.74) is 6.33. The molecule has 0 radical (unpaired) electrons. The Kier molecular flexibility index (Phi) is 5.35. The van der Waals surface area contributed by atoms with Gasteiger partial charge in [-0.15, -0.1) is 11.3 Å². The summed E-state index contributed by atoms with van der Waals surface area (Å²) in [7, 11) is 0. The lowest BCUT2D eigenvalue weighted by atomic mass is 10.2. The fourth-order valence-electron chi connectivity index (χ4n) is 2.68. The molecule has 1 aromatic heterocycles. The highest BCUT2D eigenvalue weighted by molar-refractivity contribution is 7.17. The topological polar surface area (TPSA) is 81.9 Å². The smallest absolute Gasteiger partial charge is 0.267 e. The lowest BCUT2D eigenvalue weighted by Crippen LogP contribution is -2.50. The van der Waals surface area contributed by atoms with Gasteiger partial charge in [0.25, 0.3) is 5.91 Å². The van der Waals surface area contributed by atoms with Crippen LogP contribution in [0.15, 0.2) is 36.4 Å². The molecule has 1 aromatic carbocycles. The minimum Gasteiger partial charge on any atom is -0.492 e. The minimum atomic E-state index is -0.762. The number of carbonyl (C=O) groups is 2. The minimum absolute atomic E-state index is 0.162. The normalized spacial score (nSPS) is 17.3. The van der Waals surface area contributed by atoms with Crippen LogP contribution in [0.4, 0.5) is 0 Å². The highest BCUT2D eigenvalue weighted by Gasteiger charge is 2.30. The Bertz CT molecular complexity index is 760. The van der Waals surface area contributed by atoms with Crippen molar-refractivity contribution in [2.24, 2.45) is 5.73 Å². The molecule has 1 aliphatic heterocycles. The first kappa shape index (κ1) is 17.4. The molecule has 25 heavy (non-hydrogen) atoms. The Labute approximate surface area is 150 Å². The summed E-state index contributed by atoms with van der Waals surface area (Å²) in [5, 5.41) is 0. The van der Waals surface area contributed by atoms with Gasteiger partial charge in [0, 0.05) is 11.4 Å². The third-order valence-corrected chi connectivity index (χ3v) is 5.07. The summed E-state index contributed by atoms with van der Waals surface area (Å²) in [6.07, 6.45) is -0.762. The van der Waals surface area contributed by atoms with Crippen molar-refractivity contribution in [1.82, 2.24) is 4.90 Å². The Balaban J connectivity index is 1.88. The summed E-state index contributed by atoms with van der Waals surface area (Å²) < 4.78 is 11.0. The summed E-state index contributed by atoms with van der Waals surface area (Å²) >= 11 is 1.39. The van der Waals surface area contributed by atoms with Crippen LogP contribution in [-0.2, 0) is 9.53 Å². The van der Waals surface area contributed by atoms with Crippen LogP contribution in [-0.4, -0.2) is 49.1 Å². The molecule has 0 aliphatic carbocycles. The predicted molar refractivity (Wildman–Crippen MR) is 95.8 cm³/mol. The number of amides is 2. The van der Waals surface area contributed by atoms with Gasteiger partial charge in [-0.1, -0.05) is 30.3 Å². The van der Waals surface area contributed by atoms with E-state index in [9.17, 15) is 9.59 Å². The van der Waals surface area contributed by atoms with Crippen molar-refractivity contribution in [3.8, 4) is 16.2 Å². The van der Waals surface area contributed by atoms with Crippen molar-refractivity contribution in [2.75, 3.05) is 26.3 Å². The molecule has 0 spiro atoms. The predicted octanol–water partition coefficient (Wildman–Crippen LogP) is 2.14. The van der Waals surface area contributed by atoms with Crippen LogP contribution in [0, 0.1) is 0 Å². The van der Waals surface area contributed by atoms with E-state index in [-0.39, 0.29) is 12.5 Å². The van der Waals surface area contributed by atoms with Crippen LogP contribution in [0.25, 0.3) is 10.4 Å². The number of nitrogens with two attached hydrogens (primary N) is 1. The van der Waals surface area contributed by atoms with E-state index in [1.165, 1.54) is 11.3 Å². The summed E-state index contributed by atoms with van der Waals surface area (Å²) in [4.78, 5) is 27.4. The highest BCUT2D eigenvalue weighted by Crippen LogP contribution is 2.37. The fraction of sp³-hybridized carbons (Fsp3) is 0.333. The molecule has 2 heterocycles. The number of carbonyl (C=O) groups excluding carboxylic acids is 2. The molecule has 3 rings (SSSR count). The number of ether oxygens (including phenoxy) is 2. The first-order chi connectivity index (χ1) is 12.1. The SMILES string of the molecule is CCOc1cc(-c2ccccc2)sc1C(=O)N1CCOC(C(N)=O)C1. The van der Waals surface area contributed by atoms with Crippen LogP contribution in [0.2, 0.25) is 0 Å². The largest absolute Gasteiger partial charge is 0.492 e. The lowest BCUT2D eigenvalue weighted by Gasteiger charge is -2.31. The zero-order valence-electron chi connectivity index (χ0n) is 13.9. The Hall–Kier alpha value is -2.38. The van der Waals surface area contributed by atoms with Crippen molar-refractivity contribution < 1.29 is 19.1 Å². The van der Waals surface area contributed by atoms with Crippen LogP contribution in [0.1, 0.15) is 16.6 Å². The quantitative estimate of drug-likeness (QED) is 0.886. The van der Waals surface area contributed by atoms with Gasteiger partial charge in [-0.2, -0.15) is 0 Å². The van der Waals surface area contributed by atoms with Crippen molar-refractivity contribution in [3.63, 3.8) is 0 Å². The van der Waals surface area contributed by atoms with Crippen LogP contribution in [0.3, 0.4) is 0 Å². The molecule has 1 unspecified atom stereocenters. The standard InChI is InChI=1S/C18H20N2O4S/c1-2-23-13-10-15(12-6-4-3-5-7-12)25-16(13)18(22)20-8-9-24-14(11-20)17(19)21/h3-7,10,14H,2,8-9,11H2,1H3,(H2,19,21). The molecule has 1 fully saturated rings. The summed E-state index contributed by atoms with van der Waals surface area (Å²) in [6, 6.07) is 11.7. The van der Waals surface area contributed by atoms with Crippen molar-refractivity contribution in [2.45, 2.75) is 13.0 Å². The van der Waals surface area contributed by atoms with Gasteiger partial charge in [0.1, 0.15) is 10.6 Å². The number of primary amides is 1. The molecule has 1 saturated heterocycles. The third-order valence-electron chi connectivity index (χ3n) is 3.92. The van der Waals surface area contributed by atoms with Gasteiger partial charge in [0.15, 0.2) is 6.10 Å². The maximum absolute atomic E-state index is 13.0. The van der Waals surface area contributed by atoms with Crippen molar-refractivity contribution >= 4 is 23.2 Å². The third kappa shape index (κ3) is 3.83. The number of benzene rings is 1. The van der Waals surface area contributed by atoms with E-state index in [2.05, 4.69) is 0 Å². The van der Waals surface area contributed by atoms with Gasteiger partial charge in [0.2, 0.25) is 5.91 Å². The second kappa shape index (κ2) is 7.67. The van der Waals surface area contributed by atoms with Crippen molar-refractivity contribution in [1.29, 1.82) is 0 Å². The van der Waals surface area contributed by atoms with E-state index in [0.717, 1.165) is 10.4 Å². The lowest BCUT2D eigenvalue weighted by molar-refractivity contribution is -0.133.